The standard InChI is InChI=1S/C14H20N2O4/c1-10-6-16-14(20-10)11(2)15-7-12(17)8-18-9-13-4-3-5-19-13/h3-6,11-12,15,17H,7-9H2,1-2H3. The molecule has 0 aliphatic rings. The van der Waals surface area contributed by atoms with E-state index >= 15 is 0 Å². The van der Waals surface area contributed by atoms with Gasteiger partial charge < -0.3 is 24.0 Å². The van der Waals surface area contributed by atoms with E-state index in [1.54, 1.807) is 18.5 Å². The lowest BCUT2D eigenvalue weighted by molar-refractivity contribution is 0.0214. The molecule has 2 N–H and O–H groups in total. The van der Waals surface area contributed by atoms with E-state index in [-0.39, 0.29) is 12.6 Å². The van der Waals surface area contributed by atoms with E-state index in [1.807, 2.05) is 19.9 Å². The molecule has 2 unspecified atom stereocenters. The van der Waals surface area contributed by atoms with Gasteiger partial charge >= 0.3 is 0 Å². The smallest absolute Gasteiger partial charge is 0.211 e. The van der Waals surface area contributed by atoms with Crippen LogP contribution < -0.4 is 5.32 Å². The highest BCUT2D eigenvalue weighted by Crippen LogP contribution is 2.11. The summed E-state index contributed by atoms with van der Waals surface area (Å²) in [6.45, 7) is 4.78. The third-order valence-corrected chi connectivity index (χ3v) is 2.80. The van der Waals surface area contributed by atoms with Crippen LogP contribution in [0, 0.1) is 6.92 Å². The van der Waals surface area contributed by atoms with E-state index in [4.69, 9.17) is 13.6 Å². The van der Waals surface area contributed by atoms with Gasteiger partial charge in [0.25, 0.3) is 0 Å². The molecule has 0 fully saturated rings. The second-order valence-corrected chi connectivity index (χ2v) is 4.69. The van der Waals surface area contributed by atoms with Crippen molar-refractivity contribution in [2.24, 2.45) is 0 Å². The first kappa shape index (κ1) is 14.8. The number of aryl methyl sites for hydroxylation is 1. The van der Waals surface area contributed by atoms with Gasteiger partial charge in [0.2, 0.25) is 5.89 Å². The van der Waals surface area contributed by atoms with Gasteiger partial charge in [-0.2, -0.15) is 0 Å². The maximum atomic E-state index is 9.81. The predicted octanol–water partition coefficient (Wildman–Crippen LogP) is 1.80. The molecule has 0 radical (unpaired) electrons. The van der Waals surface area contributed by atoms with Crippen LogP contribution in [0.25, 0.3) is 0 Å². The molecule has 0 spiro atoms. The van der Waals surface area contributed by atoms with Crippen molar-refractivity contribution in [3.05, 3.63) is 42.0 Å². The molecule has 2 rings (SSSR count). The first-order valence-electron chi connectivity index (χ1n) is 6.59. The summed E-state index contributed by atoms with van der Waals surface area (Å²) in [6.07, 6.45) is 2.68. The molecular formula is C14H20N2O4. The zero-order chi connectivity index (χ0) is 14.4. The molecule has 2 heterocycles. The zero-order valence-corrected chi connectivity index (χ0v) is 11.7. The van der Waals surface area contributed by atoms with Gasteiger partial charge in [-0.3, -0.25) is 0 Å². The number of aliphatic hydroxyl groups excluding tert-OH is 1. The van der Waals surface area contributed by atoms with Crippen molar-refractivity contribution >= 4 is 0 Å². The van der Waals surface area contributed by atoms with Crippen LogP contribution in [0.2, 0.25) is 0 Å². The van der Waals surface area contributed by atoms with Gasteiger partial charge in [-0.05, 0) is 26.0 Å². The Bertz CT molecular complexity index is 495. The molecule has 6 nitrogen and oxygen atoms in total. The summed E-state index contributed by atoms with van der Waals surface area (Å²) in [5.74, 6) is 2.14. The molecule has 6 heteroatoms. The summed E-state index contributed by atoms with van der Waals surface area (Å²) in [5, 5.41) is 13.0. The van der Waals surface area contributed by atoms with Crippen LogP contribution in [0.15, 0.2) is 33.4 Å². The van der Waals surface area contributed by atoms with E-state index in [2.05, 4.69) is 10.3 Å². The van der Waals surface area contributed by atoms with Crippen LogP contribution in [0.1, 0.15) is 30.4 Å². The minimum absolute atomic E-state index is 0.0524. The highest BCUT2D eigenvalue weighted by atomic mass is 16.5. The molecule has 0 amide bonds. The van der Waals surface area contributed by atoms with Crippen molar-refractivity contribution in [1.82, 2.24) is 10.3 Å². The third-order valence-electron chi connectivity index (χ3n) is 2.80. The molecule has 110 valence electrons. The van der Waals surface area contributed by atoms with Gasteiger partial charge in [0.15, 0.2) is 0 Å². The quantitative estimate of drug-likeness (QED) is 0.767. The number of nitrogens with zero attached hydrogens (tertiary/aromatic N) is 1. The molecule has 0 aliphatic carbocycles. The normalized spacial score (nSPS) is 14.3. The third kappa shape index (κ3) is 4.48. The van der Waals surface area contributed by atoms with Crippen LogP contribution in [-0.2, 0) is 11.3 Å². The van der Waals surface area contributed by atoms with Gasteiger partial charge in [0.05, 0.1) is 31.2 Å². The van der Waals surface area contributed by atoms with Gasteiger partial charge in [-0.25, -0.2) is 4.98 Å². The van der Waals surface area contributed by atoms with Gasteiger partial charge in [0.1, 0.15) is 18.1 Å². The SMILES string of the molecule is Cc1cnc(C(C)NCC(O)COCc2ccco2)o1. The van der Waals surface area contributed by atoms with E-state index in [1.165, 1.54) is 0 Å². The Kier molecular flexibility index (Phi) is 5.34. The molecule has 0 saturated heterocycles. The molecular weight excluding hydrogens is 260 g/mol. The fourth-order valence-electron chi connectivity index (χ4n) is 1.72. The Labute approximate surface area is 117 Å². The molecule has 20 heavy (non-hydrogen) atoms. The Balaban J connectivity index is 1.63. The minimum Gasteiger partial charge on any atom is -0.467 e. The second-order valence-electron chi connectivity index (χ2n) is 4.69. The first-order valence-corrected chi connectivity index (χ1v) is 6.59. The van der Waals surface area contributed by atoms with Crippen molar-refractivity contribution in [3.63, 3.8) is 0 Å². The number of hydrogen-bond donors (Lipinski definition) is 2. The van der Waals surface area contributed by atoms with Crippen LogP contribution in [-0.4, -0.2) is 29.3 Å². The van der Waals surface area contributed by atoms with Crippen LogP contribution >= 0.6 is 0 Å². The van der Waals surface area contributed by atoms with Crippen molar-refractivity contribution in [3.8, 4) is 0 Å². The fraction of sp³-hybridized carbons (Fsp3) is 0.500. The number of aromatic nitrogens is 1. The molecule has 0 aliphatic heterocycles. The molecule has 2 aromatic heterocycles. The average molecular weight is 280 g/mol. The summed E-state index contributed by atoms with van der Waals surface area (Å²) in [5.41, 5.74) is 0. The number of oxazole rings is 1. The Morgan fingerprint density at radius 1 is 1.50 bits per heavy atom. The number of furan rings is 1. The minimum atomic E-state index is -0.594. The van der Waals surface area contributed by atoms with E-state index < -0.39 is 6.10 Å². The van der Waals surface area contributed by atoms with Crippen molar-refractivity contribution in [1.29, 1.82) is 0 Å². The zero-order valence-electron chi connectivity index (χ0n) is 11.7. The van der Waals surface area contributed by atoms with Crippen molar-refractivity contribution < 1.29 is 18.7 Å². The predicted molar refractivity (Wildman–Crippen MR) is 72.0 cm³/mol. The Morgan fingerprint density at radius 3 is 3.00 bits per heavy atom. The highest BCUT2D eigenvalue weighted by Gasteiger charge is 2.13. The van der Waals surface area contributed by atoms with E-state index in [0.29, 0.717) is 19.0 Å². The lowest BCUT2D eigenvalue weighted by atomic mass is 10.3. The monoisotopic (exact) mass is 280 g/mol. The molecule has 0 bridgehead atoms. The van der Waals surface area contributed by atoms with Crippen LogP contribution in [0.4, 0.5) is 0 Å². The van der Waals surface area contributed by atoms with Crippen molar-refractivity contribution in [2.45, 2.75) is 32.6 Å². The Hall–Kier alpha value is -1.63. The molecule has 0 aromatic carbocycles. The second kappa shape index (κ2) is 7.23. The van der Waals surface area contributed by atoms with Gasteiger partial charge in [0, 0.05) is 6.54 Å². The molecule has 0 saturated carbocycles. The number of nitrogens with one attached hydrogen (secondary N) is 1. The summed E-state index contributed by atoms with van der Waals surface area (Å²) >= 11 is 0. The summed E-state index contributed by atoms with van der Waals surface area (Å²) < 4.78 is 15.9. The van der Waals surface area contributed by atoms with E-state index in [0.717, 1.165) is 11.5 Å². The number of aliphatic hydroxyl groups is 1. The summed E-state index contributed by atoms with van der Waals surface area (Å²) in [7, 11) is 0. The average Bonchev–Trinajstić information content (AvgIpc) is 3.07. The maximum Gasteiger partial charge on any atom is 0.211 e. The fourth-order valence-corrected chi connectivity index (χ4v) is 1.72. The van der Waals surface area contributed by atoms with Crippen LogP contribution in [0.3, 0.4) is 0 Å². The maximum absolute atomic E-state index is 9.81. The summed E-state index contributed by atoms with van der Waals surface area (Å²) in [4.78, 5) is 4.14. The lowest BCUT2D eigenvalue weighted by Crippen LogP contribution is -2.32. The van der Waals surface area contributed by atoms with Gasteiger partial charge in [-0.15, -0.1) is 0 Å². The van der Waals surface area contributed by atoms with Crippen molar-refractivity contribution in [2.75, 3.05) is 13.2 Å². The summed E-state index contributed by atoms with van der Waals surface area (Å²) in [6, 6.07) is 3.58. The Morgan fingerprint density at radius 2 is 2.35 bits per heavy atom. The number of ether oxygens (including phenoxy) is 1. The first-order chi connectivity index (χ1) is 9.65. The van der Waals surface area contributed by atoms with Gasteiger partial charge in [-0.1, -0.05) is 0 Å². The highest BCUT2D eigenvalue weighted by molar-refractivity contribution is 4.96. The lowest BCUT2D eigenvalue weighted by Gasteiger charge is -2.14. The largest absolute Gasteiger partial charge is 0.467 e. The van der Waals surface area contributed by atoms with Crippen LogP contribution in [0.5, 0.6) is 0 Å². The number of rotatable bonds is 8. The molecule has 2 aromatic rings. The van der Waals surface area contributed by atoms with E-state index in [9.17, 15) is 5.11 Å². The number of hydrogen-bond acceptors (Lipinski definition) is 6. The topological polar surface area (TPSA) is 80.7 Å². The molecule has 2 atom stereocenters.